The van der Waals surface area contributed by atoms with Crippen LogP contribution >= 0.6 is 0 Å². The van der Waals surface area contributed by atoms with Crippen molar-refractivity contribution in [3.63, 3.8) is 0 Å². The quantitative estimate of drug-likeness (QED) is 0.560. The lowest BCUT2D eigenvalue weighted by molar-refractivity contribution is 0.302. The van der Waals surface area contributed by atoms with Gasteiger partial charge in [0.15, 0.2) is 0 Å². The molecule has 29 heavy (non-hydrogen) atoms. The number of ether oxygens (including phenoxy) is 2. The Kier molecular flexibility index (Phi) is 5.52. The van der Waals surface area contributed by atoms with Crippen molar-refractivity contribution in [2.24, 2.45) is 5.41 Å². The summed E-state index contributed by atoms with van der Waals surface area (Å²) in [6.07, 6.45) is 3.13. The molecule has 5 heteroatoms. The number of methoxy groups -OCH3 is 2. The van der Waals surface area contributed by atoms with Crippen molar-refractivity contribution in [3.8, 4) is 22.8 Å². The fourth-order valence-electron chi connectivity index (χ4n) is 4.15. The molecule has 3 rings (SSSR count). The van der Waals surface area contributed by atoms with Crippen molar-refractivity contribution >= 4 is 11.5 Å². The maximum atomic E-state index is 5.65. The molecular weight excluding hydrogens is 362 g/mol. The van der Waals surface area contributed by atoms with Gasteiger partial charge in [-0.2, -0.15) is 0 Å². The molecule has 3 aromatic rings. The first-order valence-corrected chi connectivity index (χ1v) is 10.0. The van der Waals surface area contributed by atoms with Crippen molar-refractivity contribution in [1.82, 2.24) is 9.38 Å². The summed E-state index contributed by atoms with van der Waals surface area (Å²) in [6.45, 7) is 13.4. The van der Waals surface area contributed by atoms with Crippen molar-refractivity contribution in [1.29, 1.82) is 0 Å². The molecule has 0 saturated heterocycles. The zero-order valence-corrected chi connectivity index (χ0v) is 18.9. The maximum Gasteiger partial charge on any atom is 0.139 e. The van der Waals surface area contributed by atoms with E-state index < -0.39 is 0 Å². The molecule has 0 bridgehead atoms. The smallest absolute Gasteiger partial charge is 0.139 e. The number of nitrogens with one attached hydrogen (secondary N) is 1. The van der Waals surface area contributed by atoms with Crippen molar-refractivity contribution in [3.05, 3.63) is 42.1 Å². The van der Waals surface area contributed by atoms with Gasteiger partial charge in [0.25, 0.3) is 0 Å². The number of rotatable bonds is 6. The second kappa shape index (κ2) is 7.62. The van der Waals surface area contributed by atoms with E-state index in [0.29, 0.717) is 0 Å². The predicted octanol–water partition coefficient (Wildman–Crippen LogP) is 5.95. The summed E-state index contributed by atoms with van der Waals surface area (Å²) in [5.74, 6) is 2.50. The van der Waals surface area contributed by atoms with E-state index in [1.54, 1.807) is 14.2 Å². The Morgan fingerprint density at radius 2 is 1.72 bits per heavy atom. The number of fused-ring (bicyclic) bond motifs is 1. The van der Waals surface area contributed by atoms with E-state index in [1.165, 1.54) is 5.56 Å². The number of pyridine rings is 1. The summed E-state index contributed by atoms with van der Waals surface area (Å²) in [7, 11) is 3.35. The summed E-state index contributed by atoms with van der Waals surface area (Å²) >= 11 is 0. The number of hydrogen-bond acceptors (Lipinski definition) is 4. The third-order valence-electron chi connectivity index (χ3n) is 4.86. The minimum atomic E-state index is -0.126. The van der Waals surface area contributed by atoms with Crippen molar-refractivity contribution < 1.29 is 9.47 Å². The van der Waals surface area contributed by atoms with E-state index >= 15 is 0 Å². The van der Waals surface area contributed by atoms with Crippen molar-refractivity contribution in [2.75, 3.05) is 19.5 Å². The molecule has 0 radical (unpaired) electrons. The molecule has 156 valence electrons. The monoisotopic (exact) mass is 395 g/mol. The molecule has 0 saturated carbocycles. The molecule has 2 heterocycles. The van der Waals surface area contributed by atoms with Crippen LogP contribution in [0.3, 0.4) is 0 Å². The highest BCUT2D eigenvalue weighted by molar-refractivity contribution is 5.81. The van der Waals surface area contributed by atoms with Crippen LogP contribution in [0.5, 0.6) is 11.5 Å². The average molecular weight is 396 g/mol. The van der Waals surface area contributed by atoms with Gasteiger partial charge in [-0.25, -0.2) is 4.98 Å². The molecule has 0 amide bonds. The lowest BCUT2D eigenvalue weighted by atomic mass is 9.82. The molecule has 0 fully saturated rings. The first kappa shape index (κ1) is 21.0. The molecule has 1 aromatic carbocycles. The highest BCUT2D eigenvalue weighted by Gasteiger charge is 2.28. The second-order valence-electron chi connectivity index (χ2n) is 9.56. The molecule has 0 aliphatic rings. The summed E-state index contributed by atoms with van der Waals surface area (Å²) in [5.41, 5.74) is 3.90. The fraction of sp³-hybridized carbons (Fsp3) is 0.458. The Bertz CT molecular complexity index is 1010. The number of nitrogens with zero attached hydrogens (tertiary/aromatic N) is 2. The molecule has 0 aliphatic heterocycles. The lowest BCUT2D eigenvalue weighted by Crippen LogP contribution is -2.36. The largest absolute Gasteiger partial charge is 0.497 e. The predicted molar refractivity (Wildman–Crippen MR) is 120 cm³/mol. The first-order valence-electron chi connectivity index (χ1n) is 10.0. The summed E-state index contributed by atoms with van der Waals surface area (Å²) in [4.78, 5) is 4.95. The van der Waals surface area contributed by atoms with Crippen LogP contribution in [-0.2, 0) is 0 Å². The zero-order chi connectivity index (χ0) is 21.4. The van der Waals surface area contributed by atoms with Gasteiger partial charge < -0.3 is 14.8 Å². The molecule has 1 N–H and O–H groups in total. The summed E-state index contributed by atoms with van der Waals surface area (Å²) < 4.78 is 13.3. The van der Waals surface area contributed by atoms with E-state index in [4.69, 9.17) is 14.5 Å². The molecule has 0 atom stereocenters. The highest BCUT2D eigenvalue weighted by atomic mass is 16.5. The van der Waals surface area contributed by atoms with Crippen LogP contribution in [0.4, 0.5) is 5.82 Å². The number of aryl methyl sites for hydroxylation is 1. The van der Waals surface area contributed by atoms with Gasteiger partial charge in [0.1, 0.15) is 28.7 Å². The van der Waals surface area contributed by atoms with E-state index in [9.17, 15) is 0 Å². The molecule has 0 aliphatic carbocycles. The van der Waals surface area contributed by atoms with Crippen LogP contribution in [0, 0.1) is 12.3 Å². The van der Waals surface area contributed by atoms with Crippen LogP contribution in [0.2, 0.25) is 0 Å². The SMILES string of the molecule is COc1ccc(OC)c(-c2nc3ccc(C)cn3c2NC(C)(C)CC(C)(C)C)c1. The van der Waals surface area contributed by atoms with Gasteiger partial charge in [0.05, 0.1) is 14.2 Å². The van der Waals surface area contributed by atoms with Gasteiger partial charge in [-0.15, -0.1) is 0 Å². The summed E-state index contributed by atoms with van der Waals surface area (Å²) in [5, 5.41) is 3.79. The van der Waals surface area contributed by atoms with E-state index in [2.05, 4.69) is 63.5 Å². The van der Waals surface area contributed by atoms with Crippen LogP contribution in [0.15, 0.2) is 36.5 Å². The Balaban J connectivity index is 2.22. The Labute approximate surface area is 174 Å². The van der Waals surface area contributed by atoms with Gasteiger partial charge in [0, 0.05) is 17.3 Å². The van der Waals surface area contributed by atoms with Crippen LogP contribution < -0.4 is 14.8 Å². The average Bonchev–Trinajstić information content (AvgIpc) is 2.96. The van der Waals surface area contributed by atoms with Gasteiger partial charge in [0.2, 0.25) is 0 Å². The minimum Gasteiger partial charge on any atom is -0.497 e. The topological polar surface area (TPSA) is 47.8 Å². The normalized spacial score (nSPS) is 12.3. The van der Waals surface area contributed by atoms with Crippen LogP contribution in [0.25, 0.3) is 16.9 Å². The maximum absolute atomic E-state index is 5.65. The van der Waals surface area contributed by atoms with Crippen LogP contribution in [0.1, 0.15) is 46.6 Å². The Hall–Kier alpha value is -2.69. The zero-order valence-electron chi connectivity index (χ0n) is 18.9. The Morgan fingerprint density at radius 3 is 2.34 bits per heavy atom. The number of hydrogen-bond donors (Lipinski definition) is 1. The number of imidazole rings is 1. The molecule has 5 nitrogen and oxygen atoms in total. The van der Waals surface area contributed by atoms with Gasteiger partial charge >= 0.3 is 0 Å². The molecular formula is C24H33N3O2. The first-order chi connectivity index (χ1) is 13.5. The molecule has 0 spiro atoms. The van der Waals surface area contributed by atoms with Gasteiger partial charge in [-0.1, -0.05) is 26.8 Å². The third-order valence-corrected chi connectivity index (χ3v) is 4.86. The van der Waals surface area contributed by atoms with Crippen molar-refractivity contribution in [2.45, 2.75) is 53.5 Å². The minimum absolute atomic E-state index is 0.126. The number of anilines is 1. The molecule has 2 aromatic heterocycles. The Morgan fingerprint density at radius 1 is 1.00 bits per heavy atom. The van der Waals surface area contributed by atoms with E-state index in [-0.39, 0.29) is 11.0 Å². The third kappa shape index (κ3) is 4.66. The van der Waals surface area contributed by atoms with Crippen LogP contribution in [-0.4, -0.2) is 29.1 Å². The standard InChI is InChI=1S/C24H33N3O2/c1-16-9-12-20-25-21(18-13-17(28-7)10-11-19(18)29-8)22(27(20)14-16)26-24(5,6)15-23(2,3)4/h9-14,26H,15H2,1-8H3. The fourth-order valence-corrected chi connectivity index (χ4v) is 4.15. The molecule has 0 unspecified atom stereocenters. The number of aromatic nitrogens is 2. The van der Waals surface area contributed by atoms with Gasteiger partial charge in [-0.3, -0.25) is 4.40 Å². The van der Waals surface area contributed by atoms with Gasteiger partial charge in [-0.05, 0) is 62.4 Å². The number of benzene rings is 1. The summed E-state index contributed by atoms with van der Waals surface area (Å²) in [6, 6.07) is 9.94. The highest BCUT2D eigenvalue weighted by Crippen LogP contribution is 2.39. The van der Waals surface area contributed by atoms with E-state index in [0.717, 1.165) is 40.6 Å². The second-order valence-corrected chi connectivity index (χ2v) is 9.56. The van der Waals surface area contributed by atoms with E-state index in [1.807, 2.05) is 24.3 Å². The lowest BCUT2D eigenvalue weighted by Gasteiger charge is -2.34.